The van der Waals surface area contributed by atoms with Gasteiger partial charge in [0.15, 0.2) is 0 Å². The number of aromatic nitrogens is 5. The topological polar surface area (TPSA) is 94.3 Å². The summed E-state index contributed by atoms with van der Waals surface area (Å²) in [6, 6.07) is 3.57. The van der Waals surface area contributed by atoms with E-state index >= 15 is 0 Å². The van der Waals surface area contributed by atoms with Crippen LogP contribution in [0.15, 0.2) is 18.3 Å². The van der Waals surface area contributed by atoms with E-state index in [0.29, 0.717) is 35.9 Å². The van der Waals surface area contributed by atoms with Crippen molar-refractivity contribution in [2.45, 2.75) is 46.3 Å². The van der Waals surface area contributed by atoms with E-state index in [1.165, 1.54) is 0 Å². The highest BCUT2D eigenvalue weighted by atomic mass is 19.4. The Labute approximate surface area is 170 Å². The molecule has 0 atom stereocenters. The Hall–Kier alpha value is -3.24. The fourth-order valence-corrected chi connectivity index (χ4v) is 3.04. The highest BCUT2D eigenvalue weighted by molar-refractivity contribution is 5.76. The maximum Gasteiger partial charge on any atom is 0.453 e. The number of ether oxygens (including phenoxy) is 1. The Bertz CT molecular complexity index is 1060. The SMILES string of the molecule is CCOc1ncccc1CNC(=O)CCc1c(C)nc2nc(C(F)(F)F)nn2c1C. The Balaban J connectivity index is 1.69. The number of rotatable bonds is 7. The van der Waals surface area contributed by atoms with E-state index in [2.05, 4.69) is 25.4 Å². The minimum absolute atomic E-state index is 0.120. The summed E-state index contributed by atoms with van der Waals surface area (Å²) in [6.45, 7) is 5.87. The van der Waals surface area contributed by atoms with Crippen molar-refractivity contribution in [2.24, 2.45) is 0 Å². The number of nitrogens with zero attached hydrogens (tertiary/aromatic N) is 5. The summed E-state index contributed by atoms with van der Waals surface area (Å²) in [7, 11) is 0. The number of aryl methyl sites for hydroxylation is 2. The molecule has 0 spiro atoms. The fraction of sp³-hybridized carbons (Fsp3) is 0.421. The van der Waals surface area contributed by atoms with Gasteiger partial charge >= 0.3 is 6.18 Å². The molecule has 8 nitrogen and oxygen atoms in total. The van der Waals surface area contributed by atoms with E-state index in [1.54, 1.807) is 26.1 Å². The van der Waals surface area contributed by atoms with E-state index in [-0.39, 0.29) is 24.7 Å². The molecule has 3 heterocycles. The molecule has 1 N–H and O–H groups in total. The Morgan fingerprint density at radius 3 is 2.73 bits per heavy atom. The summed E-state index contributed by atoms with van der Waals surface area (Å²) in [4.78, 5) is 24.0. The van der Waals surface area contributed by atoms with E-state index < -0.39 is 12.0 Å². The molecule has 0 aliphatic heterocycles. The molecule has 11 heteroatoms. The van der Waals surface area contributed by atoms with Crippen molar-refractivity contribution in [3.8, 4) is 5.88 Å². The van der Waals surface area contributed by atoms with Crippen LogP contribution in [-0.4, -0.2) is 37.1 Å². The van der Waals surface area contributed by atoms with Gasteiger partial charge < -0.3 is 10.1 Å². The van der Waals surface area contributed by atoms with Crippen molar-refractivity contribution in [3.05, 3.63) is 46.7 Å². The molecule has 0 radical (unpaired) electrons. The lowest BCUT2D eigenvalue weighted by Crippen LogP contribution is -2.24. The van der Waals surface area contributed by atoms with Gasteiger partial charge in [-0.05, 0) is 38.8 Å². The molecule has 30 heavy (non-hydrogen) atoms. The van der Waals surface area contributed by atoms with E-state index in [0.717, 1.165) is 10.1 Å². The third-order valence-corrected chi connectivity index (χ3v) is 4.51. The summed E-state index contributed by atoms with van der Waals surface area (Å²) < 4.78 is 45.1. The molecule has 3 aromatic heterocycles. The molecule has 1 amide bonds. The average Bonchev–Trinajstić information content (AvgIpc) is 3.12. The normalized spacial score (nSPS) is 11.7. The number of amides is 1. The molecule has 0 saturated heterocycles. The van der Waals surface area contributed by atoms with Crippen LogP contribution < -0.4 is 10.1 Å². The largest absolute Gasteiger partial charge is 0.478 e. The number of carbonyl (C=O) groups is 1. The van der Waals surface area contributed by atoms with Gasteiger partial charge in [-0.1, -0.05) is 6.07 Å². The Morgan fingerprint density at radius 1 is 1.27 bits per heavy atom. The maximum atomic E-state index is 12.9. The standard InChI is InChI=1S/C19H21F3N6O2/c1-4-30-16-13(6-5-9-23-16)10-24-15(29)8-7-14-11(2)25-18-26-17(19(20,21)22)27-28(18)12(14)3/h5-6,9H,4,7-8,10H2,1-3H3,(H,24,29). The number of fused-ring (bicyclic) bond motifs is 1. The number of carbonyl (C=O) groups excluding carboxylic acids is 1. The van der Waals surface area contributed by atoms with Crippen LogP contribution in [0.25, 0.3) is 5.78 Å². The van der Waals surface area contributed by atoms with Gasteiger partial charge in [-0.15, -0.1) is 5.10 Å². The lowest BCUT2D eigenvalue weighted by molar-refractivity contribution is -0.144. The lowest BCUT2D eigenvalue weighted by Gasteiger charge is -2.11. The quantitative estimate of drug-likeness (QED) is 0.629. The summed E-state index contributed by atoms with van der Waals surface area (Å²) in [5.74, 6) is -1.11. The fourth-order valence-electron chi connectivity index (χ4n) is 3.04. The predicted molar refractivity (Wildman–Crippen MR) is 101 cm³/mol. The van der Waals surface area contributed by atoms with Gasteiger partial charge in [-0.2, -0.15) is 18.2 Å². The molecule has 3 aromatic rings. The number of hydrogen-bond donors (Lipinski definition) is 1. The van der Waals surface area contributed by atoms with Gasteiger partial charge in [0.05, 0.1) is 6.61 Å². The van der Waals surface area contributed by atoms with E-state index in [4.69, 9.17) is 4.74 Å². The first-order valence-electron chi connectivity index (χ1n) is 9.34. The molecule has 0 unspecified atom stereocenters. The maximum absolute atomic E-state index is 12.9. The van der Waals surface area contributed by atoms with Crippen LogP contribution in [0.3, 0.4) is 0 Å². The monoisotopic (exact) mass is 422 g/mol. The average molecular weight is 422 g/mol. The first-order valence-corrected chi connectivity index (χ1v) is 9.34. The second-order valence-corrected chi connectivity index (χ2v) is 6.58. The van der Waals surface area contributed by atoms with Gasteiger partial charge in [0, 0.05) is 36.1 Å². The van der Waals surface area contributed by atoms with Crippen molar-refractivity contribution in [3.63, 3.8) is 0 Å². The molecule has 3 rings (SSSR count). The van der Waals surface area contributed by atoms with Crippen molar-refractivity contribution in [2.75, 3.05) is 6.61 Å². The first-order chi connectivity index (χ1) is 14.2. The minimum Gasteiger partial charge on any atom is -0.478 e. The summed E-state index contributed by atoms with van der Waals surface area (Å²) in [5.41, 5.74) is 2.40. The van der Waals surface area contributed by atoms with Crippen LogP contribution >= 0.6 is 0 Å². The molecule has 0 fully saturated rings. The zero-order chi connectivity index (χ0) is 21.9. The summed E-state index contributed by atoms with van der Waals surface area (Å²) in [6.07, 6.45) is -2.60. The highest BCUT2D eigenvalue weighted by Crippen LogP contribution is 2.27. The minimum atomic E-state index is -4.65. The van der Waals surface area contributed by atoms with Crippen molar-refractivity contribution in [1.29, 1.82) is 0 Å². The molecular formula is C19H21F3N6O2. The van der Waals surface area contributed by atoms with Crippen LogP contribution in [0.1, 0.15) is 41.7 Å². The molecule has 0 aromatic carbocycles. The van der Waals surface area contributed by atoms with Crippen LogP contribution in [0.2, 0.25) is 0 Å². The summed E-state index contributed by atoms with van der Waals surface area (Å²) in [5, 5.41) is 6.32. The van der Waals surface area contributed by atoms with E-state index in [1.807, 2.05) is 13.0 Å². The Morgan fingerprint density at radius 2 is 2.03 bits per heavy atom. The zero-order valence-corrected chi connectivity index (χ0v) is 16.7. The molecule has 0 saturated carbocycles. The number of pyridine rings is 1. The lowest BCUT2D eigenvalue weighted by atomic mass is 10.1. The molecule has 160 valence electrons. The second kappa shape index (κ2) is 8.64. The van der Waals surface area contributed by atoms with Crippen LogP contribution in [0, 0.1) is 13.8 Å². The third-order valence-electron chi connectivity index (χ3n) is 4.51. The summed E-state index contributed by atoms with van der Waals surface area (Å²) >= 11 is 0. The van der Waals surface area contributed by atoms with Crippen molar-refractivity contribution < 1.29 is 22.7 Å². The van der Waals surface area contributed by atoms with Crippen LogP contribution in [-0.2, 0) is 23.9 Å². The Kier molecular flexibility index (Phi) is 6.18. The molecule has 0 aliphatic carbocycles. The van der Waals surface area contributed by atoms with Gasteiger partial charge in [0.2, 0.25) is 11.8 Å². The zero-order valence-electron chi connectivity index (χ0n) is 16.7. The van der Waals surface area contributed by atoms with Gasteiger partial charge in [-0.25, -0.2) is 14.5 Å². The number of nitrogens with one attached hydrogen (secondary N) is 1. The van der Waals surface area contributed by atoms with E-state index in [9.17, 15) is 18.0 Å². The van der Waals surface area contributed by atoms with Crippen LogP contribution in [0.4, 0.5) is 13.2 Å². The third kappa shape index (κ3) is 4.66. The van der Waals surface area contributed by atoms with Crippen LogP contribution in [0.5, 0.6) is 5.88 Å². The highest BCUT2D eigenvalue weighted by Gasteiger charge is 2.36. The number of hydrogen-bond acceptors (Lipinski definition) is 6. The molecular weight excluding hydrogens is 401 g/mol. The van der Waals surface area contributed by atoms with Gasteiger partial charge in [0.1, 0.15) is 0 Å². The van der Waals surface area contributed by atoms with Crippen molar-refractivity contribution in [1.82, 2.24) is 29.9 Å². The molecule has 0 aliphatic rings. The van der Waals surface area contributed by atoms with Gasteiger partial charge in [0.25, 0.3) is 11.6 Å². The number of alkyl halides is 3. The molecule has 0 bridgehead atoms. The van der Waals surface area contributed by atoms with Crippen molar-refractivity contribution >= 4 is 11.7 Å². The first kappa shape index (κ1) is 21.5. The number of halogens is 3. The smallest absolute Gasteiger partial charge is 0.453 e. The van der Waals surface area contributed by atoms with Gasteiger partial charge in [-0.3, -0.25) is 4.79 Å². The second-order valence-electron chi connectivity index (χ2n) is 6.58. The predicted octanol–water partition coefficient (Wildman–Crippen LogP) is 2.80.